The number of aliphatic hydroxyl groups excluding tert-OH is 1. The quantitative estimate of drug-likeness (QED) is 0.153. The predicted molar refractivity (Wildman–Crippen MR) is 138 cm³/mol. The van der Waals surface area contributed by atoms with Gasteiger partial charge in [-0.3, -0.25) is 14.4 Å². The van der Waals surface area contributed by atoms with Crippen molar-refractivity contribution in [2.24, 2.45) is 11.8 Å². The van der Waals surface area contributed by atoms with E-state index in [1.54, 1.807) is 22.7 Å². The summed E-state index contributed by atoms with van der Waals surface area (Å²) in [7, 11) is 0. The van der Waals surface area contributed by atoms with Crippen LogP contribution in [-0.4, -0.2) is 86.4 Å². The van der Waals surface area contributed by atoms with Crippen molar-refractivity contribution in [1.29, 1.82) is 0 Å². The Bertz CT molecular complexity index is 795. The van der Waals surface area contributed by atoms with Crippen LogP contribution >= 0.6 is 27.7 Å². The van der Waals surface area contributed by atoms with Crippen molar-refractivity contribution in [3.8, 4) is 0 Å². The zero-order chi connectivity index (χ0) is 24.9. The highest BCUT2D eigenvalue weighted by Crippen LogP contribution is 2.68. The number of halogens is 1. The van der Waals surface area contributed by atoms with E-state index in [1.807, 2.05) is 4.90 Å². The number of unbranched alkanes of at least 4 members (excludes halogenated alkanes) is 3. The molecule has 34 heavy (non-hydrogen) atoms. The van der Waals surface area contributed by atoms with Gasteiger partial charge in [-0.25, -0.2) is 0 Å². The molecule has 0 radical (unpaired) electrons. The van der Waals surface area contributed by atoms with Gasteiger partial charge in [-0.15, -0.1) is 18.3 Å². The van der Waals surface area contributed by atoms with Crippen LogP contribution in [-0.2, 0) is 19.1 Å². The van der Waals surface area contributed by atoms with Crippen LogP contribution in [0, 0.1) is 11.8 Å². The van der Waals surface area contributed by atoms with Crippen molar-refractivity contribution in [1.82, 2.24) is 9.80 Å². The molecule has 3 fully saturated rings. The molecule has 1 spiro atoms. The lowest BCUT2D eigenvalue weighted by Crippen LogP contribution is -2.55. The van der Waals surface area contributed by atoms with Crippen molar-refractivity contribution in [2.75, 3.05) is 32.8 Å². The van der Waals surface area contributed by atoms with Crippen LogP contribution in [0.5, 0.6) is 0 Å². The van der Waals surface area contributed by atoms with Crippen molar-refractivity contribution < 1.29 is 24.2 Å². The maximum atomic E-state index is 14.1. The first-order valence-corrected chi connectivity index (χ1v) is 14.1. The molecule has 3 aliphatic rings. The molecule has 3 aliphatic heterocycles. The first-order chi connectivity index (χ1) is 16.4. The number of alkyl halides is 1. The van der Waals surface area contributed by atoms with Crippen LogP contribution in [0.15, 0.2) is 25.3 Å². The fraction of sp³-hybridized carbons (Fsp3) is 0.720. The smallest absolute Gasteiger partial charge is 0.311 e. The third kappa shape index (κ3) is 4.98. The number of hydrogen-bond acceptors (Lipinski definition) is 6. The number of fused-ring (bicyclic) bond motifs is 1. The molecule has 3 saturated heterocycles. The Morgan fingerprint density at radius 1 is 1.29 bits per heavy atom. The number of carbonyl (C=O) groups excluding carboxylic acids is 3. The van der Waals surface area contributed by atoms with Crippen molar-refractivity contribution >= 4 is 45.5 Å². The van der Waals surface area contributed by atoms with Crippen molar-refractivity contribution in [2.45, 2.75) is 66.3 Å². The molecule has 9 heteroatoms. The summed E-state index contributed by atoms with van der Waals surface area (Å²) in [5, 5.41) is 9.05. The number of nitrogens with zero attached hydrogens (tertiary/aromatic N) is 2. The highest BCUT2D eigenvalue weighted by atomic mass is 79.9. The largest absolute Gasteiger partial charge is 0.461 e. The van der Waals surface area contributed by atoms with E-state index in [0.717, 1.165) is 19.3 Å². The van der Waals surface area contributed by atoms with E-state index in [-0.39, 0.29) is 41.1 Å². The standard InChI is InChI=1S/C25H37BrN2O5S/c1-4-7-12-27(11-5-2)23(31)21-25-16-17(26)20(34-25)18(24(32)33-15-6-3)19(25)22(30)28(21)13-9-8-10-14-29/h5-6,17-21,29H,2-4,7-16H2,1H3/t17?,18-,19+,20-,21?,25?/m1/s1. The number of hydrogen-bond donors (Lipinski definition) is 1. The summed E-state index contributed by atoms with van der Waals surface area (Å²) < 4.78 is 4.75. The zero-order valence-electron chi connectivity index (χ0n) is 20.0. The molecular weight excluding hydrogens is 520 g/mol. The summed E-state index contributed by atoms with van der Waals surface area (Å²) in [5.74, 6) is -1.72. The summed E-state index contributed by atoms with van der Waals surface area (Å²) in [4.78, 5) is 44.6. The number of ether oxygens (including phenoxy) is 1. The Morgan fingerprint density at radius 3 is 2.71 bits per heavy atom. The van der Waals surface area contributed by atoms with E-state index in [0.29, 0.717) is 38.9 Å². The Balaban J connectivity index is 1.97. The molecule has 6 atom stereocenters. The molecule has 1 N–H and O–H groups in total. The van der Waals surface area contributed by atoms with Crippen LogP contribution in [0.4, 0.5) is 0 Å². The summed E-state index contributed by atoms with van der Waals surface area (Å²) in [5.41, 5.74) is 0. The number of carbonyl (C=O) groups is 3. The Morgan fingerprint density at radius 2 is 2.06 bits per heavy atom. The van der Waals surface area contributed by atoms with Crippen LogP contribution in [0.1, 0.15) is 45.4 Å². The molecule has 0 saturated carbocycles. The van der Waals surface area contributed by atoms with Gasteiger partial charge in [0.2, 0.25) is 11.8 Å². The molecular formula is C25H37BrN2O5S. The lowest BCUT2D eigenvalue weighted by atomic mass is 9.71. The van der Waals surface area contributed by atoms with Gasteiger partial charge in [0.05, 0.1) is 16.6 Å². The number of aliphatic hydroxyl groups is 1. The third-order valence-corrected chi connectivity index (χ3v) is 10.4. The van der Waals surface area contributed by atoms with Crippen LogP contribution in [0.2, 0.25) is 0 Å². The lowest BCUT2D eigenvalue weighted by Gasteiger charge is -2.37. The van der Waals surface area contributed by atoms with Gasteiger partial charge in [-0.1, -0.05) is 48.0 Å². The van der Waals surface area contributed by atoms with Gasteiger partial charge < -0.3 is 19.6 Å². The first-order valence-electron chi connectivity index (χ1n) is 12.3. The molecule has 0 aromatic heterocycles. The fourth-order valence-electron chi connectivity index (χ4n) is 5.70. The Hall–Kier alpha value is -1.32. The summed E-state index contributed by atoms with van der Waals surface area (Å²) in [6.07, 6.45) is 7.87. The van der Waals surface area contributed by atoms with E-state index in [4.69, 9.17) is 9.84 Å². The average Bonchev–Trinajstić information content (AvgIpc) is 3.41. The number of likely N-dealkylation sites (tertiary alicyclic amines) is 1. The van der Waals surface area contributed by atoms with Gasteiger partial charge >= 0.3 is 5.97 Å². The molecule has 7 nitrogen and oxygen atoms in total. The minimum absolute atomic E-state index is 0.0240. The summed E-state index contributed by atoms with van der Waals surface area (Å²) >= 11 is 5.38. The molecule has 190 valence electrons. The third-order valence-electron chi connectivity index (χ3n) is 7.14. The highest BCUT2D eigenvalue weighted by molar-refractivity contribution is 9.09. The molecule has 2 bridgehead atoms. The molecule has 3 rings (SSSR count). The van der Waals surface area contributed by atoms with Crippen molar-refractivity contribution in [3.63, 3.8) is 0 Å². The molecule has 3 unspecified atom stereocenters. The van der Waals surface area contributed by atoms with Gasteiger partial charge in [0.1, 0.15) is 12.6 Å². The Labute approximate surface area is 215 Å². The fourth-order valence-corrected chi connectivity index (χ4v) is 9.29. The summed E-state index contributed by atoms with van der Waals surface area (Å²) in [6, 6.07) is -0.622. The minimum Gasteiger partial charge on any atom is -0.461 e. The van der Waals surface area contributed by atoms with Gasteiger partial charge in [0, 0.05) is 36.3 Å². The minimum atomic E-state index is -0.659. The van der Waals surface area contributed by atoms with Crippen LogP contribution in [0.25, 0.3) is 0 Å². The van der Waals surface area contributed by atoms with Crippen LogP contribution < -0.4 is 0 Å². The normalized spacial score (nSPS) is 31.4. The second kappa shape index (κ2) is 12.1. The van der Waals surface area contributed by atoms with E-state index in [1.165, 1.54) is 6.08 Å². The number of amides is 2. The monoisotopic (exact) mass is 556 g/mol. The maximum absolute atomic E-state index is 14.1. The lowest BCUT2D eigenvalue weighted by molar-refractivity contribution is -0.153. The van der Waals surface area contributed by atoms with Gasteiger partial charge in [0.25, 0.3) is 0 Å². The number of thioether (sulfide) groups is 1. The molecule has 0 aromatic rings. The van der Waals surface area contributed by atoms with E-state index in [2.05, 4.69) is 36.0 Å². The first kappa shape index (κ1) is 27.3. The highest BCUT2D eigenvalue weighted by Gasteiger charge is 2.76. The second-order valence-electron chi connectivity index (χ2n) is 9.32. The van der Waals surface area contributed by atoms with Crippen molar-refractivity contribution in [3.05, 3.63) is 25.3 Å². The molecule has 2 amide bonds. The van der Waals surface area contributed by atoms with Gasteiger partial charge in [0.15, 0.2) is 0 Å². The predicted octanol–water partition coefficient (Wildman–Crippen LogP) is 3.16. The van der Waals surface area contributed by atoms with E-state index < -0.39 is 22.6 Å². The van der Waals surface area contributed by atoms with Crippen LogP contribution in [0.3, 0.4) is 0 Å². The molecule has 3 heterocycles. The topological polar surface area (TPSA) is 87.2 Å². The van der Waals surface area contributed by atoms with Gasteiger partial charge in [-0.2, -0.15) is 0 Å². The number of rotatable bonds is 14. The Kier molecular flexibility index (Phi) is 9.69. The van der Waals surface area contributed by atoms with Gasteiger partial charge in [-0.05, 0) is 32.1 Å². The summed E-state index contributed by atoms with van der Waals surface area (Å²) in [6.45, 7) is 11.2. The maximum Gasteiger partial charge on any atom is 0.311 e. The van der Waals surface area contributed by atoms with E-state index in [9.17, 15) is 14.4 Å². The SMILES string of the molecule is C=CCOC(=O)[C@H]1[C@@H]2SC3(CC2Br)C(C(=O)N(CC=C)CCCC)N(CCCCCO)C(=O)[C@H]13. The average molecular weight is 558 g/mol. The molecule has 0 aromatic carbocycles. The zero-order valence-corrected chi connectivity index (χ0v) is 22.4. The second-order valence-corrected chi connectivity index (χ2v) is 12.0. The van der Waals surface area contributed by atoms with E-state index >= 15 is 0 Å². The number of esters is 1. The molecule has 0 aliphatic carbocycles.